The average molecular weight is 279 g/mol. The van der Waals surface area contributed by atoms with Crippen LogP contribution in [-0.4, -0.2) is 54.5 Å². The van der Waals surface area contributed by atoms with E-state index in [4.69, 9.17) is 19.3 Å². The second-order valence-electron chi connectivity index (χ2n) is 4.47. The van der Waals surface area contributed by atoms with Crippen molar-refractivity contribution in [3.63, 3.8) is 0 Å². The summed E-state index contributed by atoms with van der Waals surface area (Å²) in [7, 11) is 0. The molecular formula is C13H13NO6. The Kier molecular flexibility index (Phi) is 3.19. The summed E-state index contributed by atoms with van der Waals surface area (Å²) in [6.07, 6.45) is 0. The molecule has 3 rings (SSSR count). The zero-order chi connectivity index (χ0) is 14.1. The van der Waals surface area contributed by atoms with Crippen LogP contribution in [0.1, 0.15) is 10.4 Å². The van der Waals surface area contributed by atoms with Crippen LogP contribution in [0.3, 0.4) is 0 Å². The fraction of sp³-hybridized carbons (Fsp3) is 0.385. The van der Waals surface area contributed by atoms with Gasteiger partial charge in [-0.1, -0.05) is 6.07 Å². The molecule has 0 radical (unpaired) electrons. The van der Waals surface area contributed by atoms with Gasteiger partial charge in [0, 0.05) is 6.54 Å². The number of aliphatic carboxylic acids is 1. The van der Waals surface area contributed by atoms with Gasteiger partial charge < -0.3 is 24.2 Å². The third kappa shape index (κ3) is 2.05. The highest BCUT2D eigenvalue weighted by Crippen LogP contribution is 2.36. The van der Waals surface area contributed by atoms with Crippen LogP contribution in [0.4, 0.5) is 0 Å². The number of ether oxygens (including phenoxy) is 3. The number of hydrogen-bond donors (Lipinski definition) is 1. The average Bonchev–Trinajstić information content (AvgIpc) is 2.94. The molecular weight excluding hydrogens is 266 g/mol. The number of para-hydroxylation sites is 1. The van der Waals surface area contributed by atoms with Gasteiger partial charge in [-0.15, -0.1) is 0 Å². The summed E-state index contributed by atoms with van der Waals surface area (Å²) < 4.78 is 15.6. The standard InChI is InChI=1S/C13H13NO6/c15-12(14-4-5-18-6-9(14)13(16)17)8-2-1-3-10-11(8)20-7-19-10/h1-3,9H,4-7H2,(H,16,17)/t9-/m0/s1. The molecule has 1 N–H and O–H groups in total. The maximum atomic E-state index is 12.5. The van der Waals surface area contributed by atoms with Crippen molar-refractivity contribution in [3.05, 3.63) is 23.8 Å². The first-order valence-corrected chi connectivity index (χ1v) is 6.18. The van der Waals surface area contributed by atoms with Crippen molar-refractivity contribution in [2.75, 3.05) is 26.6 Å². The first-order chi connectivity index (χ1) is 9.68. The van der Waals surface area contributed by atoms with E-state index < -0.39 is 12.0 Å². The van der Waals surface area contributed by atoms with Crippen LogP contribution in [0.5, 0.6) is 11.5 Å². The van der Waals surface area contributed by atoms with Crippen LogP contribution < -0.4 is 9.47 Å². The minimum absolute atomic E-state index is 0.00649. The Morgan fingerprint density at radius 1 is 1.30 bits per heavy atom. The Labute approximate surface area is 114 Å². The molecule has 1 aromatic carbocycles. The van der Waals surface area contributed by atoms with E-state index in [2.05, 4.69) is 0 Å². The predicted molar refractivity (Wildman–Crippen MR) is 65.8 cm³/mol. The Morgan fingerprint density at radius 3 is 2.95 bits per heavy atom. The van der Waals surface area contributed by atoms with Crippen molar-refractivity contribution < 1.29 is 28.9 Å². The number of carbonyl (C=O) groups excluding carboxylic acids is 1. The maximum absolute atomic E-state index is 12.5. The lowest BCUT2D eigenvalue weighted by molar-refractivity contribution is -0.147. The van der Waals surface area contributed by atoms with Gasteiger partial charge in [0.05, 0.1) is 18.8 Å². The Hall–Kier alpha value is -2.28. The summed E-state index contributed by atoms with van der Waals surface area (Å²) in [6, 6.07) is 4.00. The molecule has 0 saturated carbocycles. The number of rotatable bonds is 2. The molecule has 0 spiro atoms. The SMILES string of the molecule is O=C(O)[C@@H]1COCCN1C(=O)c1cccc2c1OCO2. The zero-order valence-corrected chi connectivity index (χ0v) is 10.6. The molecule has 0 aliphatic carbocycles. The number of benzene rings is 1. The lowest BCUT2D eigenvalue weighted by atomic mass is 10.1. The largest absolute Gasteiger partial charge is 0.480 e. The van der Waals surface area contributed by atoms with E-state index in [1.807, 2.05) is 0 Å². The molecule has 7 heteroatoms. The topological polar surface area (TPSA) is 85.3 Å². The molecule has 1 aromatic rings. The van der Waals surface area contributed by atoms with Gasteiger partial charge in [-0.25, -0.2) is 4.79 Å². The van der Waals surface area contributed by atoms with Gasteiger partial charge >= 0.3 is 5.97 Å². The molecule has 106 valence electrons. The molecule has 7 nitrogen and oxygen atoms in total. The van der Waals surface area contributed by atoms with Crippen LogP contribution in [0, 0.1) is 0 Å². The number of carbonyl (C=O) groups is 2. The number of nitrogens with zero attached hydrogens (tertiary/aromatic N) is 1. The molecule has 0 aromatic heterocycles. The Morgan fingerprint density at radius 2 is 2.15 bits per heavy atom. The van der Waals surface area contributed by atoms with Crippen LogP contribution in [0.25, 0.3) is 0 Å². The summed E-state index contributed by atoms with van der Waals surface area (Å²) in [5.74, 6) is -0.602. The Bertz CT molecular complexity index is 558. The van der Waals surface area contributed by atoms with Crippen LogP contribution >= 0.6 is 0 Å². The molecule has 0 unspecified atom stereocenters. The lowest BCUT2D eigenvalue weighted by Gasteiger charge is -2.33. The lowest BCUT2D eigenvalue weighted by Crippen LogP contribution is -2.52. The molecule has 20 heavy (non-hydrogen) atoms. The van der Waals surface area contributed by atoms with Crippen LogP contribution in [0.15, 0.2) is 18.2 Å². The third-order valence-electron chi connectivity index (χ3n) is 3.30. The molecule has 0 bridgehead atoms. The molecule has 2 aliphatic rings. The number of morpholine rings is 1. The monoisotopic (exact) mass is 279 g/mol. The van der Waals surface area contributed by atoms with E-state index in [-0.39, 0.29) is 25.9 Å². The normalized spacial score (nSPS) is 20.8. The summed E-state index contributed by atoms with van der Waals surface area (Å²) in [5, 5.41) is 9.17. The number of carboxylic acid groups (broad SMARTS) is 1. The smallest absolute Gasteiger partial charge is 0.328 e. The van der Waals surface area contributed by atoms with Gasteiger partial charge in [0.2, 0.25) is 6.79 Å². The second-order valence-corrected chi connectivity index (χ2v) is 4.47. The molecule has 1 fully saturated rings. The molecule has 1 amide bonds. The zero-order valence-electron chi connectivity index (χ0n) is 10.6. The van der Waals surface area contributed by atoms with Crippen molar-refractivity contribution in [2.24, 2.45) is 0 Å². The second kappa shape index (κ2) is 5.01. The van der Waals surface area contributed by atoms with Crippen molar-refractivity contribution >= 4 is 11.9 Å². The van der Waals surface area contributed by atoms with Crippen molar-refractivity contribution in [1.29, 1.82) is 0 Å². The summed E-state index contributed by atoms with van der Waals surface area (Å²) in [5.41, 5.74) is 0.313. The van der Waals surface area contributed by atoms with Gasteiger partial charge in [0.1, 0.15) is 0 Å². The van der Waals surface area contributed by atoms with Gasteiger partial charge in [-0.05, 0) is 12.1 Å². The van der Waals surface area contributed by atoms with E-state index >= 15 is 0 Å². The third-order valence-corrected chi connectivity index (χ3v) is 3.30. The quantitative estimate of drug-likeness (QED) is 0.840. The van der Waals surface area contributed by atoms with Gasteiger partial charge in [0.15, 0.2) is 17.5 Å². The van der Waals surface area contributed by atoms with Crippen molar-refractivity contribution in [1.82, 2.24) is 4.90 Å². The number of hydrogen-bond acceptors (Lipinski definition) is 5. The predicted octanol–water partition coefficient (Wildman–Crippen LogP) is 0.341. The highest BCUT2D eigenvalue weighted by atomic mass is 16.7. The highest BCUT2D eigenvalue weighted by Gasteiger charge is 2.35. The van der Waals surface area contributed by atoms with Crippen LogP contribution in [0.2, 0.25) is 0 Å². The van der Waals surface area contributed by atoms with Gasteiger partial charge in [-0.2, -0.15) is 0 Å². The first-order valence-electron chi connectivity index (χ1n) is 6.18. The summed E-state index contributed by atoms with van der Waals surface area (Å²) in [4.78, 5) is 25.0. The molecule has 1 atom stereocenters. The van der Waals surface area contributed by atoms with Crippen molar-refractivity contribution in [3.8, 4) is 11.5 Å². The fourth-order valence-electron chi connectivity index (χ4n) is 2.30. The maximum Gasteiger partial charge on any atom is 0.328 e. The van der Waals surface area contributed by atoms with Gasteiger partial charge in [-0.3, -0.25) is 4.79 Å². The Balaban J connectivity index is 1.92. The van der Waals surface area contributed by atoms with Crippen molar-refractivity contribution in [2.45, 2.75) is 6.04 Å². The van der Waals surface area contributed by atoms with Crippen LogP contribution in [-0.2, 0) is 9.53 Å². The van der Waals surface area contributed by atoms with E-state index in [1.54, 1.807) is 18.2 Å². The minimum Gasteiger partial charge on any atom is -0.480 e. The number of fused-ring (bicyclic) bond motifs is 1. The number of amides is 1. The highest BCUT2D eigenvalue weighted by molar-refractivity contribution is 6.00. The summed E-state index contributed by atoms with van der Waals surface area (Å²) in [6.45, 7) is 0.612. The van der Waals surface area contributed by atoms with E-state index in [0.717, 1.165) is 0 Å². The molecule has 1 saturated heterocycles. The summed E-state index contributed by atoms with van der Waals surface area (Å²) >= 11 is 0. The van der Waals surface area contributed by atoms with E-state index in [0.29, 0.717) is 23.7 Å². The van der Waals surface area contributed by atoms with E-state index in [1.165, 1.54) is 4.90 Å². The number of carboxylic acids is 1. The molecule has 2 aliphatic heterocycles. The first kappa shape index (κ1) is 12.7. The van der Waals surface area contributed by atoms with Gasteiger partial charge in [0.25, 0.3) is 5.91 Å². The fourth-order valence-corrected chi connectivity index (χ4v) is 2.30. The van der Waals surface area contributed by atoms with E-state index in [9.17, 15) is 9.59 Å². The minimum atomic E-state index is -1.08. The molecule has 2 heterocycles.